The number of anilines is 2. The van der Waals surface area contributed by atoms with Crippen molar-refractivity contribution in [3.8, 4) is 6.01 Å². The van der Waals surface area contributed by atoms with Crippen LogP contribution in [0.3, 0.4) is 0 Å². The molecule has 0 spiro atoms. The molecule has 0 amide bonds. The van der Waals surface area contributed by atoms with Gasteiger partial charge in [-0.15, -0.1) is 0 Å². The molecule has 1 aromatic rings. The minimum atomic E-state index is 0.309. The summed E-state index contributed by atoms with van der Waals surface area (Å²) in [5, 5.41) is 6.27. The van der Waals surface area contributed by atoms with Crippen LogP contribution in [0.25, 0.3) is 0 Å². The smallest absolute Gasteiger partial charge is 0.322 e. The molecule has 0 aliphatic carbocycles. The Bertz CT molecular complexity index is 376. The van der Waals surface area contributed by atoms with Gasteiger partial charge < -0.3 is 20.1 Å². The van der Waals surface area contributed by atoms with E-state index < -0.39 is 0 Å². The standard InChI is InChI=1S/C13H25N5O2/c1-4-7-14-11-16-12(18-13(17-11)19-3)15-8-6-10-20-9-5-2/h4-10H2,1-3H3,(H2,14,15,16,17,18). The Labute approximate surface area is 120 Å². The first-order chi connectivity index (χ1) is 9.80. The summed E-state index contributed by atoms with van der Waals surface area (Å²) >= 11 is 0. The van der Waals surface area contributed by atoms with Crippen LogP contribution in [0.4, 0.5) is 11.9 Å². The molecule has 0 atom stereocenters. The molecular weight excluding hydrogens is 258 g/mol. The van der Waals surface area contributed by atoms with Gasteiger partial charge in [-0.2, -0.15) is 15.0 Å². The summed E-state index contributed by atoms with van der Waals surface area (Å²) in [5.74, 6) is 1.05. The van der Waals surface area contributed by atoms with Gasteiger partial charge in [0.1, 0.15) is 0 Å². The van der Waals surface area contributed by atoms with E-state index in [0.29, 0.717) is 17.9 Å². The van der Waals surface area contributed by atoms with E-state index >= 15 is 0 Å². The summed E-state index contributed by atoms with van der Waals surface area (Å²) in [5.41, 5.74) is 0. The van der Waals surface area contributed by atoms with Gasteiger partial charge in [-0.3, -0.25) is 0 Å². The third kappa shape index (κ3) is 6.51. The highest BCUT2D eigenvalue weighted by Crippen LogP contribution is 2.10. The summed E-state index contributed by atoms with van der Waals surface area (Å²) in [6, 6.07) is 0.309. The van der Waals surface area contributed by atoms with Crippen LogP contribution in [0.1, 0.15) is 33.1 Å². The van der Waals surface area contributed by atoms with Gasteiger partial charge >= 0.3 is 6.01 Å². The van der Waals surface area contributed by atoms with Gasteiger partial charge in [-0.25, -0.2) is 0 Å². The van der Waals surface area contributed by atoms with Gasteiger partial charge in [0.05, 0.1) is 7.11 Å². The molecule has 20 heavy (non-hydrogen) atoms. The van der Waals surface area contributed by atoms with Crippen molar-refractivity contribution in [2.24, 2.45) is 0 Å². The zero-order valence-electron chi connectivity index (χ0n) is 12.6. The summed E-state index contributed by atoms with van der Waals surface area (Å²) in [6.07, 6.45) is 2.96. The van der Waals surface area contributed by atoms with Crippen molar-refractivity contribution in [1.29, 1.82) is 0 Å². The van der Waals surface area contributed by atoms with Crippen LogP contribution >= 0.6 is 0 Å². The Morgan fingerprint density at radius 3 is 2.20 bits per heavy atom. The highest BCUT2D eigenvalue weighted by atomic mass is 16.5. The summed E-state index contributed by atoms with van der Waals surface area (Å²) in [7, 11) is 1.54. The Kier molecular flexibility index (Phi) is 8.37. The Morgan fingerprint density at radius 1 is 0.900 bits per heavy atom. The van der Waals surface area contributed by atoms with Crippen LogP contribution in [0, 0.1) is 0 Å². The van der Waals surface area contributed by atoms with Gasteiger partial charge in [-0.05, 0) is 19.3 Å². The summed E-state index contributed by atoms with van der Waals surface area (Å²) in [4.78, 5) is 12.6. The Hall–Kier alpha value is -1.63. The first-order valence-corrected chi connectivity index (χ1v) is 7.15. The molecular formula is C13H25N5O2. The second-order valence-electron chi connectivity index (χ2n) is 4.29. The largest absolute Gasteiger partial charge is 0.467 e. The fourth-order valence-electron chi connectivity index (χ4n) is 1.46. The van der Waals surface area contributed by atoms with Crippen LogP contribution < -0.4 is 15.4 Å². The van der Waals surface area contributed by atoms with Crippen molar-refractivity contribution in [3.63, 3.8) is 0 Å². The van der Waals surface area contributed by atoms with Gasteiger partial charge in [0.2, 0.25) is 11.9 Å². The maximum atomic E-state index is 5.41. The first kappa shape index (κ1) is 16.4. The number of aromatic nitrogens is 3. The van der Waals surface area contributed by atoms with Crippen molar-refractivity contribution in [3.05, 3.63) is 0 Å². The van der Waals surface area contributed by atoms with E-state index in [1.165, 1.54) is 0 Å². The second-order valence-corrected chi connectivity index (χ2v) is 4.29. The van der Waals surface area contributed by atoms with Crippen molar-refractivity contribution in [2.45, 2.75) is 33.1 Å². The molecule has 1 rings (SSSR count). The molecule has 0 bridgehead atoms. The minimum Gasteiger partial charge on any atom is -0.467 e. The maximum Gasteiger partial charge on any atom is 0.322 e. The zero-order chi connectivity index (χ0) is 14.6. The quantitative estimate of drug-likeness (QED) is 0.600. The Balaban J connectivity index is 2.42. The molecule has 0 aromatic carbocycles. The minimum absolute atomic E-state index is 0.309. The highest BCUT2D eigenvalue weighted by molar-refractivity contribution is 5.35. The summed E-state index contributed by atoms with van der Waals surface area (Å²) in [6.45, 7) is 7.30. The van der Waals surface area contributed by atoms with E-state index in [2.05, 4.69) is 39.4 Å². The predicted octanol–water partition coefficient (Wildman–Crippen LogP) is 1.93. The van der Waals surface area contributed by atoms with E-state index in [9.17, 15) is 0 Å². The lowest BCUT2D eigenvalue weighted by Gasteiger charge is -2.09. The monoisotopic (exact) mass is 283 g/mol. The molecule has 7 nitrogen and oxygen atoms in total. The fraction of sp³-hybridized carbons (Fsp3) is 0.769. The molecule has 0 saturated carbocycles. The van der Waals surface area contributed by atoms with Crippen molar-refractivity contribution in [1.82, 2.24) is 15.0 Å². The molecule has 1 heterocycles. The molecule has 1 aromatic heterocycles. The molecule has 0 unspecified atom stereocenters. The number of ether oxygens (including phenoxy) is 2. The highest BCUT2D eigenvalue weighted by Gasteiger charge is 2.05. The normalized spacial score (nSPS) is 10.3. The van der Waals surface area contributed by atoms with Crippen LogP contribution in [0.15, 0.2) is 0 Å². The Morgan fingerprint density at radius 2 is 1.60 bits per heavy atom. The molecule has 7 heteroatoms. The van der Waals surface area contributed by atoms with E-state index in [4.69, 9.17) is 9.47 Å². The van der Waals surface area contributed by atoms with Gasteiger partial charge in [-0.1, -0.05) is 13.8 Å². The molecule has 0 radical (unpaired) electrons. The third-order valence-electron chi connectivity index (χ3n) is 2.43. The van der Waals surface area contributed by atoms with Gasteiger partial charge in [0.25, 0.3) is 0 Å². The first-order valence-electron chi connectivity index (χ1n) is 7.15. The van der Waals surface area contributed by atoms with E-state index in [1.54, 1.807) is 7.11 Å². The van der Waals surface area contributed by atoms with Crippen molar-refractivity contribution < 1.29 is 9.47 Å². The van der Waals surface area contributed by atoms with Gasteiger partial charge in [0, 0.05) is 26.3 Å². The number of rotatable bonds is 11. The van der Waals surface area contributed by atoms with E-state index in [-0.39, 0.29) is 0 Å². The maximum absolute atomic E-state index is 5.41. The zero-order valence-corrected chi connectivity index (χ0v) is 12.6. The van der Waals surface area contributed by atoms with Crippen LogP contribution in [-0.2, 0) is 4.74 Å². The van der Waals surface area contributed by atoms with Gasteiger partial charge in [0.15, 0.2) is 0 Å². The van der Waals surface area contributed by atoms with Crippen LogP contribution in [0.5, 0.6) is 6.01 Å². The molecule has 2 N–H and O–H groups in total. The lowest BCUT2D eigenvalue weighted by atomic mass is 10.4. The topological polar surface area (TPSA) is 81.2 Å². The van der Waals surface area contributed by atoms with Crippen LogP contribution in [-0.4, -0.2) is 48.4 Å². The fourth-order valence-corrected chi connectivity index (χ4v) is 1.46. The number of methoxy groups -OCH3 is 1. The average molecular weight is 283 g/mol. The lowest BCUT2D eigenvalue weighted by Crippen LogP contribution is -2.12. The second kappa shape index (κ2) is 10.2. The third-order valence-corrected chi connectivity index (χ3v) is 2.43. The van der Waals surface area contributed by atoms with Crippen molar-refractivity contribution >= 4 is 11.9 Å². The number of hydrogen-bond donors (Lipinski definition) is 2. The number of nitrogens with zero attached hydrogens (tertiary/aromatic N) is 3. The van der Waals surface area contributed by atoms with E-state index in [0.717, 1.165) is 45.6 Å². The molecule has 0 fully saturated rings. The van der Waals surface area contributed by atoms with Crippen LogP contribution in [0.2, 0.25) is 0 Å². The summed E-state index contributed by atoms with van der Waals surface area (Å²) < 4.78 is 10.5. The molecule has 114 valence electrons. The SMILES string of the molecule is CCCNc1nc(NCCCOCCC)nc(OC)n1. The number of nitrogens with one attached hydrogen (secondary N) is 2. The van der Waals surface area contributed by atoms with E-state index in [1.807, 2.05) is 0 Å². The molecule has 0 saturated heterocycles. The number of hydrogen-bond acceptors (Lipinski definition) is 7. The lowest BCUT2D eigenvalue weighted by molar-refractivity contribution is 0.134. The average Bonchev–Trinajstić information content (AvgIpc) is 2.48. The van der Waals surface area contributed by atoms with Crippen molar-refractivity contribution in [2.75, 3.05) is 44.0 Å². The molecule has 0 aliphatic rings. The molecule has 0 aliphatic heterocycles. The predicted molar refractivity (Wildman–Crippen MR) is 79.4 cm³/mol.